The second kappa shape index (κ2) is 8.41. The van der Waals surface area contributed by atoms with Crippen LogP contribution in [-0.4, -0.2) is 47.8 Å². The SMILES string of the molecule is O=C1CCC(N2Cc3ccc(CNCCC[C@H]4CCCN4)cc3C2=O)C(=O)N1. The van der Waals surface area contributed by atoms with Crippen LogP contribution >= 0.6 is 0 Å². The zero-order chi connectivity index (χ0) is 19.5. The molecule has 3 amide bonds. The Bertz CT molecular complexity index is 773. The van der Waals surface area contributed by atoms with Crippen molar-refractivity contribution in [2.24, 2.45) is 0 Å². The Morgan fingerprint density at radius 2 is 2.07 bits per heavy atom. The Labute approximate surface area is 165 Å². The van der Waals surface area contributed by atoms with Crippen molar-refractivity contribution in [1.82, 2.24) is 20.9 Å². The van der Waals surface area contributed by atoms with Crippen molar-refractivity contribution >= 4 is 17.7 Å². The third-order valence-electron chi connectivity index (χ3n) is 5.99. The highest BCUT2D eigenvalue weighted by Crippen LogP contribution is 2.28. The summed E-state index contributed by atoms with van der Waals surface area (Å²) in [6.45, 7) is 3.28. The molecule has 28 heavy (non-hydrogen) atoms. The summed E-state index contributed by atoms with van der Waals surface area (Å²) >= 11 is 0. The van der Waals surface area contributed by atoms with E-state index in [1.165, 1.54) is 19.3 Å². The van der Waals surface area contributed by atoms with Gasteiger partial charge in [0.25, 0.3) is 5.91 Å². The van der Waals surface area contributed by atoms with Crippen LogP contribution in [0, 0.1) is 0 Å². The lowest BCUT2D eigenvalue weighted by molar-refractivity contribution is -0.136. The molecule has 1 aromatic rings. The number of nitrogens with zero attached hydrogens (tertiary/aromatic N) is 1. The van der Waals surface area contributed by atoms with E-state index in [1.807, 2.05) is 18.2 Å². The van der Waals surface area contributed by atoms with Crippen LogP contribution in [0.15, 0.2) is 18.2 Å². The molecular formula is C21H28N4O3. The maximum atomic E-state index is 12.8. The van der Waals surface area contributed by atoms with Gasteiger partial charge in [-0.15, -0.1) is 0 Å². The van der Waals surface area contributed by atoms with Gasteiger partial charge >= 0.3 is 0 Å². The Morgan fingerprint density at radius 3 is 2.86 bits per heavy atom. The molecule has 3 N–H and O–H groups in total. The topological polar surface area (TPSA) is 90.5 Å². The number of benzene rings is 1. The molecule has 0 spiro atoms. The Morgan fingerprint density at radius 1 is 1.18 bits per heavy atom. The van der Waals surface area contributed by atoms with Crippen LogP contribution < -0.4 is 16.0 Å². The summed E-state index contributed by atoms with van der Waals surface area (Å²) in [6, 6.07) is 6.10. The van der Waals surface area contributed by atoms with Crippen molar-refractivity contribution in [1.29, 1.82) is 0 Å². The van der Waals surface area contributed by atoms with Gasteiger partial charge in [-0.3, -0.25) is 19.7 Å². The second-order valence-electron chi connectivity index (χ2n) is 8.00. The summed E-state index contributed by atoms with van der Waals surface area (Å²) in [4.78, 5) is 37.9. The lowest BCUT2D eigenvalue weighted by Crippen LogP contribution is -2.52. The van der Waals surface area contributed by atoms with E-state index < -0.39 is 6.04 Å². The number of rotatable bonds is 7. The molecular weight excluding hydrogens is 356 g/mol. The van der Waals surface area contributed by atoms with Crippen molar-refractivity contribution in [2.45, 2.75) is 63.7 Å². The molecule has 7 nitrogen and oxygen atoms in total. The van der Waals surface area contributed by atoms with Crippen LogP contribution in [-0.2, 0) is 22.7 Å². The van der Waals surface area contributed by atoms with Gasteiger partial charge < -0.3 is 15.5 Å². The van der Waals surface area contributed by atoms with E-state index in [1.54, 1.807) is 4.90 Å². The van der Waals surface area contributed by atoms with Crippen LogP contribution in [0.3, 0.4) is 0 Å². The van der Waals surface area contributed by atoms with Gasteiger partial charge in [0.1, 0.15) is 6.04 Å². The number of amides is 3. The zero-order valence-electron chi connectivity index (χ0n) is 16.1. The molecule has 0 bridgehead atoms. The van der Waals surface area contributed by atoms with Crippen molar-refractivity contribution in [2.75, 3.05) is 13.1 Å². The Kier molecular flexibility index (Phi) is 5.73. The van der Waals surface area contributed by atoms with E-state index in [0.29, 0.717) is 24.6 Å². The summed E-state index contributed by atoms with van der Waals surface area (Å²) in [5.74, 6) is -0.739. The third kappa shape index (κ3) is 4.10. The predicted octanol–water partition coefficient (Wildman–Crippen LogP) is 1.07. The van der Waals surface area contributed by atoms with E-state index in [4.69, 9.17) is 0 Å². The first kappa shape index (κ1) is 19.1. The van der Waals surface area contributed by atoms with Gasteiger partial charge in [0.05, 0.1) is 0 Å². The molecule has 3 heterocycles. The Hall–Kier alpha value is -2.25. The third-order valence-corrected chi connectivity index (χ3v) is 5.99. The largest absolute Gasteiger partial charge is 0.322 e. The maximum Gasteiger partial charge on any atom is 0.255 e. The van der Waals surface area contributed by atoms with E-state index in [-0.39, 0.29) is 24.1 Å². The van der Waals surface area contributed by atoms with Gasteiger partial charge in [-0.2, -0.15) is 0 Å². The van der Waals surface area contributed by atoms with Crippen molar-refractivity contribution in [3.8, 4) is 0 Å². The second-order valence-corrected chi connectivity index (χ2v) is 8.00. The van der Waals surface area contributed by atoms with Crippen LogP contribution in [0.2, 0.25) is 0 Å². The first-order valence-corrected chi connectivity index (χ1v) is 10.3. The fourth-order valence-electron chi connectivity index (χ4n) is 4.42. The Balaban J connectivity index is 1.30. The highest BCUT2D eigenvalue weighted by Gasteiger charge is 2.39. The molecule has 2 fully saturated rings. The highest BCUT2D eigenvalue weighted by molar-refractivity contribution is 6.05. The molecule has 0 aromatic heterocycles. The molecule has 2 atom stereocenters. The van der Waals surface area contributed by atoms with Gasteiger partial charge in [0.2, 0.25) is 11.8 Å². The van der Waals surface area contributed by atoms with Gasteiger partial charge in [-0.1, -0.05) is 12.1 Å². The monoisotopic (exact) mass is 384 g/mol. The quantitative estimate of drug-likeness (QED) is 0.483. The molecule has 0 aliphatic carbocycles. The first-order valence-electron chi connectivity index (χ1n) is 10.3. The standard InChI is InChI=1S/C21H28N4O3/c26-19-8-7-18(20(27)24-19)25-13-15-6-5-14(11-17(15)21(25)28)12-22-9-1-3-16-4-2-10-23-16/h5-6,11,16,18,22-23H,1-4,7-10,12-13H2,(H,24,26,27)/t16-,18?/m0/s1. The number of carbonyl (C=O) groups is 3. The minimum Gasteiger partial charge on any atom is -0.322 e. The smallest absolute Gasteiger partial charge is 0.255 e. The molecule has 3 aliphatic heterocycles. The average Bonchev–Trinajstić information content (AvgIpc) is 3.30. The van der Waals surface area contributed by atoms with Crippen LogP contribution in [0.5, 0.6) is 0 Å². The molecule has 2 saturated heterocycles. The maximum absolute atomic E-state index is 12.8. The number of nitrogens with one attached hydrogen (secondary N) is 3. The zero-order valence-corrected chi connectivity index (χ0v) is 16.1. The number of piperidine rings is 1. The van der Waals surface area contributed by atoms with Crippen LogP contribution in [0.25, 0.3) is 0 Å². The molecule has 3 aliphatic rings. The van der Waals surface area contributed by atoms with Crippen LogP contribution in [0.4, 0.5) is 0 Å². The first-order chi connectivity index (χ1) is 13.6. The van der Waals surface area contributed by atoms with Gasteiger partial charge in [-0.25, -0.2) is 0 Å². The van der Waals surface area contributed by atoms with Crippen molar-refractivity contribution in [3.05, 3.63) is 34.9 Å². The number of carbonyl (C=O) groups excluding carboxylic acids is 3. The molecule has 1 aromatic carbocycles. The fraction of sp³-hybridized carbons (Fsp3) is 0.571. The van der Waals surface area contributed by atoms with E-state index in [0.717, 1.165) is 37.2 Å². The van der Waals surface area contributed by atoms with E-state index >= 15 is 0 Å². The van der Waals surface area contributed by atoms with Gasteiger partial charge in [0, 0.05) is 31.1 Å². The summed E-state index contributed by atoms with van der Waals surface area (Å²) in [5.41, 5.74) is 2.71. The molecule has 150 valence electrons. The lowest BCUT2D eigenvalue weighted by Gasteiger charge is -2.29. The molecule has 0 radical (unpaired) electrons. The molecule has 4 rings (SSSR count). The molecule has 0 saturated carbocycles. The predicted molar refractivity (Wildman–Crippen MR) is 104 cm³/mol. The number of hydrogen-bond acceptors (Lipinski definition) is 5. The summed E-state index contributed by atoms with van der Waals surface area (Å²) in [7, 11) is 0. The highest BCUT2D eigenvalue weighted by atomic mass is 16.2. The van der Waals surface area contributed by atoms with Crippen LogP contribution in [0.1, 0.15) is 60.0 Å². The minimum atomic E-state index is -0.552. The molecule has 7 heteroatoms. The summed E-state index contributed by atoms with van der Waals surface area (Å²) < 4.78 is 0. The fourth-order valence-corrected chi connectivity index (χ4v) is 4.42. The van der Waals surface area contributed by atoms with Gasteiger partial charge in [-0.05, 0) is 62.4 Å². The summed E-state index contributed by atoms with van der Waals surface area (Å²) in [5, 5.41) is 9.32. The average molecular weight is 384 g/mol. The number of hydrogen-bond donors (Lipinski definition) is 3. The normalized spacial score (nSPS) is 24.6. The summed E-state index contributed by atoms with van der Waals surface area (Å²) in [6.07, 6.45) is 5.60. The van der Waals surface area contributed by atoms with Crippen molar-refractivity contribution in [3.63, 3.8) is 0 Å². The molecule has 1 unspecified atom stereocenters. The van der Waals surface area contributed by atoms with Gasteiger partial charge in [0.15, 0.2) is 0 Å². The number of imide groups is 1. The van der Waals surface area contributed by atoms with Crippen molar-refractivity contribution < 1.29 is 14.4 Å². The minimum absolute atomic E-state index is 0.112. The van der Waals surface area contributed by atoms with E-state index in [9.17, 15) is 14.4 Å². The number of fused-ring (bicyclic) bond motifs is 1. The lowest BCUT2D eigenvalue weighted by atomic mass is 10.0. The van der Waals surface area contributed by atoms with E-state index in [2.05, 4.69) is 16.0 Å².